The third-order valence-corrected chi connectivity index (χ3v) is 6.10. The highest BCUT2D eigenvalue weighted by Crippen LogP contribution is 2.28. The zero-order valence-electron chi connectivity index (χ0n) is 17.6. The lowest BCUT2D eigenvalue weighted by Crippen LogP contribution is -2.28. The molecule has 0 aliphatic carbocycles. The molecule has 0 fully saturated rings. The van der Waals surface area contributed by atoms with Crippen molar-refractivity contribution in [1.82, 2.24) is 5.32 Å². The van der Waals surface area contributed by atoms with E-state index >= 15 is 0 Å². The summed E-state index contributed by atoms with van der Waals surface area (Å²) in [6.07, 6.45) is 0. The molecule has 4 aromatic rings. The van der Waals surface area contributed by atoms with Gasteiger partial charge < -0.3 is 15.2 Å². The molecule has 0 aliphatic heterocycles. The highest BCUT2D eigenvalue weighted by Gasteiger charge is 2.18. The van der Waals surface area contributed by atoms with Crippen LogP contribution in [0.3, 0.4) is 0 Å². The van der Waals surface area contributed by atoms with Crippen molar-refractivity contribution >= 4 is 28.8 Å². The van der Waals surface area contributed by atoms with Crippen LogP contribution < -0.4 is 15.4 Å². The van der Waals surface area contributed by atoms with Gasteiger partial charge in [-0.1, -0.05) is 60.7 Å². The SMILES string of the molecule is O=C(NCc1ccccc1F)Nc1ccc(N[S+]([O-])c2ccccc2-c2ccccc2)cc1. The largest absolute Gasteiger partial charge is 0.588 e. The van der Waals surface area contributed by atoms with Crippen LogP contribution in [0.1, 0.15) is 5.56 Å². The Labute approximate surface area is 195 Å². The van der Waals surface area contributed by atoms with Gasteiger partial charge in [0.15, 0.2) is 4.90 Å². The summed E-state index contributed by atoms with van der Waals surface area (Å²) in [4.78, 5) is 12.8. The van der Waals surface area contributed by atoms with Crippen LogP contribution in [0.5, 0.6) is 0 Å². The van der Waals surface area contributed by atoms with Crippen molar-refractivity contribution < 1.29 is 13.7 Å². The summed E-state index contributed by atoms with van der Waals surface area (Å²) in [5, 5.41) is 5.32. The van der Waals surface area contributed by atoms with Crippen LogP contribution >= 0.6 is 0 Å². The van der Waals surface area contributed by atoms with E-state index in [1.165, 1.54) is 6.07 Å². The molecule has 33 heavy (non-hydrogen) atoms. The highest BCUT2D eigenvalue weighted by atomic mass is 32.2. The second kappa shape index (κ2) is 10.7. The molecule has 7 heteroatoms. The van der Waals surface area contributed by atoms with Crippen molar-refractivity contribution in [3.05, 3.63) is 115 Å². The highest BCUT2D eigenvalue weighted by molar-refractivity contribution is 7.92. The lowest BCUT2D eigenvalue weighted by atomic mass is 10.1. The normalized spacial score (nSPS) is 11.5. The molecule has 0 saturated heterocycles. The Morgan fingerprint density at radius 2 is 1.42 bits per heavy atom. The number of anilines is 2. The van der Waals surface area contributed by atoms with Gasteiger partial charge in [0.2, 0.25) is 0 Å². The topological polar surface area (TPSA) is 76.2 Å². The van der Waals surface area contributed by atoms with Gasteiger partial charge in [-0.05, 0) is 48.0 Å². The average Bonchev–Trinajstić information content (AvgIpc) is 2.85. The molecular formula is C26H22FN3O2S. The lowest BCUT2D eigenvalue weighted by molar-refractivity contribution is 0.251. The van der Waals surface area contributed by atoms with Gasteiger partial charge in [-0.25, -0.2) is 13.9 Å². The molecular weight excluding hydrogens is 437 g/mol. The van der Waals surface area contributed by atoms with Crippen molar-refractivity contribution in [2.75, 3.05) is 10.0 Å². The third-order valence-electron chi connectivity index (χ3n) is 4.92. The molecule has 0 heterocycles. The van der Waals surface area contributed by atoms with E-state index in [2.05, 4.69) is 15.4 Å². The minimum Gasteiger partial charge on any atom is -0.588 e. The number of hydrogen-bond donors (Lipinski definition) is 3. The Bertz CT molecular complexity index is 1220. The molecule has 0 bridgehead atoms. The predicted octanol–water partition coefficient (Wildman–Crippen LogP) is 5.95. The smallest absolute Gasteiger partial charge is 0.319 e. The number of halogens is 1. The number of nitrogens with one attached hydrogen (secondary N) is 3. The summed E-state index contributed by atoms with van der Waals surface area (Å²) in [6.45, 7) is 0.0813. The predicted molar refractivity (Wildman–Crippen MR) is 131 cm³/mol. The van der Waals surface area contributed by atoms with Crippen LogP contribution in [0, 0.1) is 5.82 Å². The van der Waals surface area contributed by atoms with Crippen LogP contribution in [0.2, 0.25) is 0 Å². The van der Waals surface area contributed by atoms with Gasteiger partial charge in [0, 0.05) is 23.4 Å². The number of amides is 2. The summed E-state index contributed by atoms with van der Waals surface area (Å²) < 4.78 is 29.7. The fourth-order valence-electron chi connectivity index (χ4n) is 3.26. The third kappa shape index (κ3) is 5.91. The minimum absolute atomic E-state index is 0.0813. The number of carbonyl (C=O) groups is 1. The maximum Gasteiger partial charge on any atom is 0.319 e. The van der Waals surface area contributed by atoms with Gasteiger partial charge in [-0.15, -0.1) is 0 Å². The molecule has 0 saturated carbocycles. The molecule has 0 spiro atoms. The Hall–Kier alpha value is -3.81. The number of hydrogen-bond acceptors (Lipinski definition) is 3. The Morgan fingerprint density at radius 1 is 0.788 bits per heavy atom. The molecule has 0 aliphatic rings. The van der Waals surface area contributed by atoms with Crippen molar-refractivity contribution in [3.63, 3.8) is 0 Å². The average molecular weight is 460 g/mol. The van der Waals surface area contributed by atoms with Gasteiger partial charge in [0.1, 0.15) is 17.2 Å². The fourth-order valence-corrected chi connectivity index (χ4v) is 4.31. The van der Waals surface area contributed by atoms with Gasteiger partial charge in [-0.2, -0.15) is 0 Å². The number of carbonyl (C=O) groups excluding carboxylic acids is 1. The van der Waals surface area contributed by atoms with E-state index in [1.54, 1.807) is 42.5 Å². The van der Waals surface area contributed by atoms with Crippen LogP contribution in [0.15, 0.2) is 108 Å². The van der Waals surface area contributed by atoms with Gasteiger partial charge in [0.25, 0.3) is 0 Å². The lowest BCUT2D eigenvalue weighted by Gasteiger charge is -2.15. The summed E-state index contributed by atoms with van der Waals surface area (Å²) in [7, 11) is 0. The zero-order valence-corrected chi connectivity index (χ0v) is 18.4. The number of urea groups is 1. The second-order valence-electron chi connectivity index (χ2n) is 7.21. The van der Waals surface area contributed by atoms with E-state index in [1.807, 2.05) is 54.6 Å². The monoisotopic (exact) mass is 459 g/mol. The molecule has 166 valence electrons. The van der Waals surface area contributed by atoms with Gasteiger partial charge in [0.05, 0.1) is 5.69 Å². The maximum atomic E-state index is 13.7. The van der Waals surface area contributed by atoms with Gasteiger partial charge >= 0.3 is 6.03 Å². The van der Waals surface area contributed by atoms with E-state index in [4.69, 9.17) is 0 Å². The molecule has 0 aromatic heterocycles. The Morgan fingerprint density at radius 3 is 2.18 bits per heavy atom. The first-order valence-electron chi connectivity index (χ1n) is 10.3. The minimum atomic E-state index is -1.48. The van der Waals surface area contributed by atoms with Crippen LogP contribution in [0.25, 0.3) is 11.1 Å². The van der Waals surface area contributed by atoms with E-state index in [0.29, 0.717) is 21.8 Å². The van der Waals surface area contributed by atoms with E-state index < -0.39 is 17.4 Å². The first-order valence-corrected chi connectivity index (χ1v) is 11.5. The molecule has 2 amide bonds. The Balaban J connectivity index is 1.36. The Kier molecular flexibility index (Phi) is 7.24. The molecule has 5 nitrogen and oxygen atoms in total. The van der Waals surface area contributed by atoms with Crippen molar-refractivity contribution in [1.29, 1.82) is 0 Å². The van der Waals surface area contributed by atoms with E-state index in [0.717, 1.165) is 11.1 Å². The zero-order chi connectivity index (χ0) is 23.0. The second-order valence-corrected chi connectivity index (χ2v) is 8.39. The summed E-state index contributed by atoms with van der Waals surface area (Å²) in [5.41, 5.74) is 3.50. The first kappa shape index (κ1) is 22.4. The number of rotatable bonds is 7. The van der Waals surface area contributed by atoms with Crippen molar-refractivity contribution in [3.8, 4) is 11.1 Å². The van der Waals surface area contributed by atoms with Crippen LogP contribution in [0.4, 0.5) is 20.6 Å². The summed E-state index contributed by atoms with van der Waals surface area (Å²) in [5.74, 6) is -0.366. The standard InChI is InChI=1S/C26H22FN3O2S/c27-24-12-6-4-10-20(24)18-28-26(31)29-21-14-16-22(17-15-21)30-33(32)25-13-7-5-11-23(25)19-8-2-1-3-9-19/h1-17,30H,18H2,(H2,28,29,31). The van der Waals surface area contributed by atoms with Gasteiger partial charge in [-0.3, -0.25) is 0 Å². The first-order chi connectivity index (χ1) is 16.1. The molecule has 4 rings (SSSR count). The number of benzene rings is 4. The van der Waals surface area contributed by atoms with E-state index in [-0.39, 0.29) is 12.4 Å². The van der Waals surface area contributed by atoms with E-state index in [9.17, 15) is 13.7 Å². The van der Waals surface area contributed by atoms with Crippen LogP contribution in [-0.4, -0.2) is 10.6 Å². The van der Waals surface area contributed by atoms with Crippen molar-refractivity contribution in [2.45, 2.75) is 11.4 Å². The fraction of sp³-hybridized carbons (Fsp3) is 0.0385. The molecule has 1 unspecified atom stereocenters. The molecule has 1 atom stereocenters. The van der Waals surface area contributed by atoms with Crippen LogP contribution in [-0.2, 0) is 17.9 Å². The van der Waals surface area contributed by atoms with Crippen molar-refractivity contribution in [2.24, 2.45) is 0 Å². The molecule has 0 radical (unpaired) electrons. The summed E-state index contributed by atoms with van der Waals surface area (Å²) in [6, 6.07) is 30.0. The quantitative estimate of drug-likeness (QED) is 0.299. The maximum absolute atomic E-state index is 13.7. The molecule has 4 aromatic carbocycles. The molecule has 3 N–H and O–H groups in total. The summed E-state index contributed by atoms with van der Waals surface area (Å²) >= 11 is -1.48.